The van der Waals surface area contributed by atoms with Crippen molar-refractivity contribution in [3.8, 4) is 22.9 Å². The zero-order chi connectivity index (χ0) is 24.9. The van der Waals surface area contributed by atoms with Gasteiger partial charge in [-0.3, -0.25) is 4.79 Å². The number of amides is 1. The third kappa shape index (κ3) is 5.97. The van der Waals surface area contributed by atoms with E-state index >= 15 is 0 Å². The Balaban J connectivity index is 2.00. The number of rotatable bonds is 8. The minimum absolute atomic E-state index is 0.0314. The highest BCUT2D eigenvalue weighted by Crippen LogP contribution is 2.31. The molecule has 3 rings (SSSR count). The van der Waals surface area contributed by atoms with E-state index in [-0.39, 0.29) is 35.3 Å². The van der Waals surface area contributed by atoms with Crippen molar-refractivity contribution < 1.29 is 18.7 Å². The van der Waals surface area contributed by atoms with E-state index < -0.39 is 5.82 Å². The molecule has 3 aromatic rings. The van der Waals surface area contributed by atoms with Crippen LogP contribution in [-0.2, 0) is 4.79 Å². The summed E-state index contributed by atoms with van der Waals surface area (Å²) in [5.74, 6) is 0.254. The second kappa shape index (κ2) is 10.2. The number of carbonyl (C=O) groups is 1. The number of fused-ring (bicyclic) bond motifs is 1. The first-order chi connectivity index (χ1) is 16.1. The third-order valence-electron chi connectivity index (χ3n) is 4.54. The Morgan fingerprint density at radius 1 is 1.24 bits per heavy atom. The van der Waals surface area contributed by atoms with Gasteiger partial charge in [0, 0.05) is 35.0 Å². The van der Waals surface area contributed by atoms with E-state index in [1.807, 2.05) is 20.8 Å². The molecule has 0 saturated heterocycles. The van der Waals surface area contributed by atoms with Gasteiger partial charge in [0.15, 0.2) is 24.0 Å². The molecule has 0 aliphatic rings. The Morgan fingerprint density at radius 3 is 2.65 bits per heavy atom. The lowest BCUT2D eigenvalue weighted by Gasteiger charge is -2.20. The molecule has 1 heterocycles. The fourth-order valence-corrected chi connectivity index (χ4v) is 3.10. The molecular weight excluding hydrogens is 439 g/mol. The van der Waals surface area contributed by atoms with Crippen molar-refractivity contribution in [1.29, 1.82) is 5.41 Å². The molecule has 0 spiro atoms. The van der Waals surface area contributed by atoms with Crippen molar-refractivity contribution in [2.24, 2.45) is 5.73 Å². The fourth-order valence-electron chi connectivity index (χ4n) is 3.10. The zero-order valence-electron chi connectivity index (χ0n) is 19.4. The van der Waals surface area contributed by atoms with Gasteiger partial charge in [-0.05, 0) is 39.0 Å². The first-order valence-corrected chi connectivity index (χ1v) is 10.4. The molecule has 0 saturated carbocycles. The molecule has 1 aromatic heterocycles. The molecule has 0 unspecified atom stereocenters. The van der Waals surface area contributed by atoms with Crippen LogP contribution in [0.3, 0.4) is 0 Å². The van der Waals surface area contributed by atoms with Gasteiger partial charge in [0.1, 0.15) is 11.6 Å². The molecule has 178 valence electrons. The predicted molar refractivity (Wildman–Crippen MR) is 130 cm³/mol. The van der Waals surface area contributed by atoms with Crippen LogP contribution in [0.25, 0.3) is 22.3 Å². The molecule has 2 aromatic carbocycles. The van der Waals surface area contributed by atoms with Crippen molar-refractivity contribution in [1.82, 2.24) is 15.3 Å². The number of nitrogens with zero attached hydrogens (tertiary/aromatic N) is 2. The number of nitrogens with one attached hydrogen (secondary N) is 3. The van der Waals surface area contributed by atoms with E-state index in [1.54, 1.807) is 24.3 Å². The standard InChI is InChI=1S/C24H27FN6O3/c1-24(2,3)31-21(32)13-34-16-7-5-6-14(8-16)22-29-19-10-18(25)20(33-4)9-17(19)23(30-22)28-15(11-26)12-27/h5-12,26H,13,27H2,1-4H3,(H,31,32)(H,28,29,30)/b15-12+,26-11?. The summed E-state index contributed by atoms with van der Waals surface area (Å²) in [5.41, 5.74) is 6.40. The van der Waals surface area contributed by atoms with Gasteiger partial charge < -0.3 is 31.3 Å². The van der Waals surface area contributed by atoms with E-state index in [2.05, 4.69) is 20.6 Å². The lowest BCUT2D eigenvalue weighted by Crippen LogP contribution is -2.43. The van der Waals surface area contributed by atoms with E-state index in [4.69, 9.17) is 20.6 Å². The summed E-state index contributed by atoms with van der Waals surface area (Å²) in [5, 5.41) is 13.8. The number of ether oxygens (including phenoxy) is 2. The number of aromatic nitrogens is 2. The van der Waals surface area contributed by atoms with Gasteiger partial charge >= 0.3 is 0 Å². The average molecular weight is 467 g/mol. The van der Waals surface area contributed by atoms with Gasteiger partial charge in [-0.15, -0.1) is 0 Å². The van der Waals surface area contributed by atoms with Crippen LogP contribution in [0.1, 0.15) is 20.8 Å². The number of methoxy groups -OCH3 is 1. The Hall–Kier alpha value is -4.21. The summed E-state index contributed by atoms with van der Waals surface area (Å²) in [6.45, 7) is 5.50. The van der Waals surface area contributed by atoms with Crippen LogP contribution < -0.4 is 25.8 Å². The summed E-state index contributed by atoms with van der Waals surface area (Å²) in [6, 6.07) is 9.63. The first kappa shape index (κ1) is 24.4. The Kier molecular flexibility index (Phi) is 7.30. The lowest BCUT2D eigenvalue weighted by molar-refractivity contribution is -0.124. The molecule has 0 aliphatic carbocycles. The van der Waals surface area contributed by atoms with Crippen molar-refractivity contribution >= 4 is 28.8 Å². The number of nitrogens with two attached hydrogens (primary N) is 1. The second-order valence-electron chi connectivity index (χ2n) is 8.41. The molecular formula is C24H27FN6O3. The number of hydrogen-bond donors (Lipinski definition) is 4. The SMILES string of the molecule is COc1cc2c(N/C(C=N)=C/N)nc(-c3cccc(OCC(=O)NC(C)(C)C)c3)nc2cc1F. The fraction of sp³-hybridized carbons (Fsp3) is 0.250. The molecule has 0 aliphatic heterocycles. The Labute approximate surface area is 196 Å². The van der Waals surface area contributed by atoms with Gasteiger partial charge in [0.2, 0.25) is 0 Å². The van der Waals surface area contributed by atoms with E-state index in [0.29, 0.717) is 28.0 Å². The average Bonchev–Trinajstić information content (AvgIpc) is 2.79. The molecule has 0 fully saturated rings. The van der Waals surface area contributed by atoms with Crippen LogP contribution in [0.2, 0.25) is 0 Å². The molecule has 34 heavy (non-hydrogen) atoms. The minimum atomic E-state index is -0.575. The highest BCUT2D eigenvalue weighted by molar-refractivity contribution is 5.94. The van der Waals surface area contributed by atoms with Crippen LogP contribution in [0.15, 0.2) is 48.3 Å². The van der Waals surface area contributed by atoms with Crippen LogP contribution in [-0.4, -0.2) is 41.3 Å². The van der Waals surface area contributed by atoms with Crippen LogP contribution in [0.4, 0.5) is 10.2 Å². The van der Waals surface area contributed by atoms with Crippen LogP contribution in [0.5, 0.6) is 11.5 Å². The number of halogens is 1. The van der Waals surface area contributed by atoms with Gasteiger partial charge in [-0.1, -0.05) is 12.1 Å². The molecule has 9 nitrogen and oxygen atoms in total. The van der Waals surface area contributed by atoms with Gasteiger partial charge in [0.25, 0.3) is 5.91 Å². The Bertz CT molecular complexity index is 1250. The van der Waals surface area contributed by atoms with E-state index in [1.165, 1.54) is 25.4 Å². The molecule has 1 amide bonds. The molecule has 0 radical (unpaired) electrons. The van der Waals surface area contributed by atoms with Gasteiger partial charge in [-0.2, -0.15) is 0 Å². The van der Waals surface area contributed by atoms with E-state index in [0.717, 1.165) is 6.21 Å². The quantitative estimate of drug-likeness (QED) is 0.373. The topological polar surface area (TPSA) is 135 Å². The maximum atomic E-state index is 14.4. The third-order valence-corrected chi connectivity index (χ3v) is 4.54. The Morgan fingerprint density at radius 2 is 2.00 bits per heavy atom. The number of anilines is 1. The number of carbonyl (C=O) groups excluding carboxylic acids is 1. The number of hydrogen-bond acceptors (Lipinski definition) is 8. The van der Waals surface area contributed by atoms with Crippen molar-refractivity contribution in [2.75, 3.05) is 19.0 Å². The predicted octanol–water partition coefficient (Wildman–Crippen LogP) is 3.60. The summed E-state index contributed by atoms with van der Waals surface area (Å²) in [7, 11) is 1.36. The van der Waals surface area contributed by atoms with Crippen molar-refractivity contribution in [3.05, 3.63) is 54.1 Å². The largest absolute Gasteiger partial charge is 0.494 e. The number of benzene rings is 2. The maximum absolute atomic E-state index is 14.4. The van der Waals surface area contributed by atoms with Gasteiger partial charge in [0.05, 0.1) is 18.3 Å². The number of allylic oxidation sites excluding steroid dienone is 1. The second-order valence-corrected chi connectivity index (χ2v) is 8.41. The summed E-state index contributed by atoms with van der Waals surface area (Å²) >= 11 is 0. The van der Waals surface area contributed by atoms with Crippen molar-refractivity contribution in [2.45, 2.75) is 26.3 Å². The van der Waals surface area contributed by atoms with Gasteiger partial charge in [-0.25, -0.2) is 14.4 Å². The van der Waals surface area contributed by atoms with E-state index in [9.17, 15) is 9.18 Å². The van der Waals surface area contributed by atoms with Crippen molar-refractivity contribution in [3.63, 3.8) is 0 Å². The monoisotopic (exact) mass is 466 g/mol. The lowest BCUT2D eigenvalue weighted by atomic mass is 10.1. The van der Waals surface area contributed by atoms with Crippen LogP contribution >= 0.6 is 0 Å². The smallest absolute Gasteiger partial charge is 0.258 e. The highest BCUT2D eigenvalue weighted by atomic mass is 19.1. The molecule has 0 bridgehead atoms. The normalized spacial score (nSPS) is 11.7. The van der Waals surface area contributed by atoms with Crippen LogP contribution in [0, 0.1) is 11.2 Å². The molecule has 10 heteroatoms. The maximum Gasteiger partial charge on any atom is 0.258 e. The molecule has 0 atom stereocenters. The molecule has 5 N–H and O–H groups in total. The summed E-state index contributed by atoms with van der Waals surface area (Å²) in [4.78, 5) is 21.1. The summed E-state index contributed by atoms with van der Waals surface area (Å²) < 4.78 is 25.1. The minimum Gasteiger partial charge on any atom is -0.494 e. The zero-order valence-corrected chi connectivity index (χ0v) is 19.4. The highest BCUT2D eigenvalue weighted by Gasteiger charge is 2.16. The first-order valence-electron chi connectivity index (χ1n) is 10.4. The summed E-state index contributed by atoms with van der Waals surface area (Å²) in [6.07, 6.45) is 2.25.